The van der Waals surface area contributed by atoms with E-state index in [4.69, 9.17) is 0 Å². The van der Waals surface area contributed by atoms with Crippen LogP contribution in [0.5, 0.6) is 0 Å². The maximum Gasteiger partial charge on any atom is 0.255 e. The zero-order valence-corrected chi connectivity index (χ0v) is 17.0. The number of nitrogens with one attached hydrogen (secondary N) is 1. The van der Waals surface area contributed by atoms with Gasteiger partial charge in [-0.25, -0.2) is 12.7 Å². The number of sulfonamides is 1. The predicted molar refractivity (Wildman–Crippen MR) is 105 cm³/mol. The third-order valence-corrected chi connectivity index (χ3v) is 6.97. The first-order chi connectivity index (χ1) is 13.3. The van der Waals surface area contributed by atoms with Gasteiger partial charge >= 0.3 is 0 Å². The number of amides is 2. The fourth-order valence-corrected chi connectivity index (χ4v) is 4.73. The van der Waals surface area contributed by atoms with E-state index in [2.05, 4.69) is 10.3 Å². The van der Waals surface area contributed by atoms with Gasteiger partial charge in [-0.3, -0.25) is 14.6 Å². The molecule has 0 saturated carbocycles. The second kappa shape index (κ2) is 9.00. The summed E-state index contributed by atoms with van der Waals surface area (Å²) in [5.41, 5.74) is 0.606. The van der Waals surface area contributed by atoms with E-state index in [1.807, 2.05) is 4.90 Å². The summed E-state index contributed by atoms with van der Waals surface area (Å²) in [5.74, 6) is 0.262. The molecule has 2 aliphatic rings. The molecule has 8 nitrogen and oxygen atoms in total. The van der Waals surface area contributed by atoms with Crippen molar-refractivity contribution in [3.05, 3.63) is 30.1 Å². The SMILES string of the molecule is CS(=O)(=O)N1CCC(C(=O)NCC2CCN(C(=O)c3cccnc3)CC2)CC1. The maximum atomic E-state index is 12.4. The maximum absolute atomic E-state index is 12.4. The van der Waals surface area contributed by atoms with Crippen LogP contribution < -0.4 is 5.32 Å². The molecule has 1 aromatic heterocycles. The number of pyridine rings is 1. The Bertz CT molecular complexity index is 783. The second-order valence-corrected chi connectivity index (χ2v) is 9.64. The summed E-state index contributed by atoms with van der Waals surface area (Å²) < 4.78 is 24.5. The van der Waals surface area contributed by atoms with Gasteiger partial charge in [0.15, 0.2) is 0 Å². The van der Waals surface area contributed by atoms with E-state index in [9.17, 15) is 18.0 Å². The van der Waals surface area contributed by atoms with E-state index in [0.717, 1.165) is 12.8 Å². The first-order valence-electron chi connectivity index (χ1n) is 9.76. The summed E-state index contributed by atoms with van der Waals surface area (Å²) in [7, 11) is -3.17. The topological polar surface area (TPSA) is 99.7 Å². The molecule has 28 heavy (non-hydrogen) atoms. The number of nitrogens with zero attached hydrogens (tertiary/aromatic N) is 3. The Morgan fingerprint density at radius 2 is 1.82 bits per heavy atom. The van der Waals surface area contributed by atoms with Crippen molar-refractivity contribution in [2.75, 3.05) is 39.0 Å². The van der Waals surface area contributed by atoms with Crippen LogP contribution >= 0.6 is 0 Å². The van der Waals surface area contributed by atoms with Crippen molar-refractivity contribution in [3.8, 4) is 0 Å². The number of rotatable bonds is 5. The van der Waals surface area contributed by atoms with Gasteiger partial charge < -0.3 is 10.2 Å². The fourth-order valence-electron chi connectivity index (χ4n) is 3.85. The lowest BCUT2D eigenvalue weighted by Gasteiger charge is -2.33. The summed E-state index contributed by atoms with van der Waals surface area (Å²) in [5, 5.41) is 3.03. The van der Waals surface area contributed by atoms with Crippen LogP contribution in [-0.4, -0.2) is 73.4 Å². The van der Waals surface area contributed by atoms with E-state index in [0.29, 0.717) is 57.0 Å². The Labute approximate surface area is 166 Å². The molecule has 1 aromatic rings. The van der Waals surface area contributed by atoms with Crippen LogP contribution in [-0.2, 0) is 14.8 Å². The van der Waals surface area contributed by atoms with Crippen molar-refractivity contribution in [1.29, 1.82) is 0 Å². The van der Waals surface area contributed by atoms with Crippen molar-refractivity contribution in [2.24, 2.45) is 11.8 Å². The van der Waals surface area contributed by atoms with Crippen molar-refractivity contribution in [1.82, 2.24) is 19.5 Å². The van der Waals surface area contributed by atoms with E-state index in [1.165, 1.54) is 10.6 Å². The number of likely N-dealkylation sites (tertiary alicyclic amines) is 1. The molecule has 2 amide bonds. The van der Waals surface area contributed by atoms with Gasteiger partial charge in [-0.2, -0.15) is 0 Å². The summed E-state index contributed by atoms with van der Waals surface area (Å²) in [6, 6.07) is 3.53. The molecule has 0 aliphatic carbocycles. The normalized spacial score (nSPS) is 20.1. The molecule has 9 heteroatoms. The Kier molecular flexibility index (Phi) is 6.66. The largest absolute Gasteiger partial charge is 0.356 e. The van der Waals surface area contributed by atoms with Gasteiger partial charge in [0.2, 0.25) is 15.9 Å². The third kappa shape index (κ3) is 5.29. The molecule has 0 radical (unpaired) electrons. The van der Waals surface area contributed by atoms with Gasteiger partial charge in [0, 0.05) is 51.0 Å². The number of hydrogen-bond acceptors (Lipinski definition) is 5. The highest BCUT2D eigenvalue weighted by Crippen LogP contribution is 2.21. The molecule has 2 aliphatic heterocycles. The monoisotopic (exact) mass is 408 g/mol. The molecule has 3 heterocycles. The summed E-state index contributed by atoms with van der Waals surface area (Å²) in [6.07, 6.45) is 7.30. The lowest BCUT2D eigenvalue weighted by Crippen LogP contribution is -2.45. The average molecular weight is 409 g/mol. The zero-order chi connectivity index (χ0) is 20.1. The Morgan fingerprint density at radius 3 is 2.39 bits per heavy atom. The first-order valence-corrected chi connectivity index (χ1v) is 11.6. The molecule has 1 N–H and O–H groups in total. The van der Waals surface area contributed by atoms with E-state index >= 15 is 0 Å². The van der Waals surface area contributed by atoms with Gasteiger partial charge in [-0.15, -0.1) is 0 Å². The molecule has 0 atom stereocenters. The smallest absolute Gasteiger partial charge is 0.255 e. The van der Waals surface area contributed by atoms with Gasteiger partial charge in [0.25, 0.3) is 5.91 Å². The standard InChI is InChI=1S/C19H28N4O4S/c1-28(26,27)23-11-6-16(7-12-23)18(24)21-13-15-4-9-22(10-5-15)19(25)17-3-2-8-20-14-17/h2-3,8,14-16H,4-7,9-13H2,1H3,(H,21,24). The average Bonchev–Trinajstić information content (AvgIpc) is 2.72. The van der Waals surface area contributed by atoms with Crippen LogP contribution in [0.4, 0.5) is 0 Å². The van der Waals surface area contributed by atoms with Crippen molar-refractivity contribution >= 4 is 21.8 Å². The van der Waals surface area contributed by atoms with E-state index < -0.39 is 10.0 Å². The summed E-state index contributed by atoms with van der Waals surface area (Å²) in [4.78, 5) is 30.7. The minimum Gasteiger partial charge on any atom is -0.356 e. The Hall–Kier alpha value is -2.00. The molecule has 3 rings (SSSR count). The minimum absolute atomic E-state index is 0.00761. The van der Waals surface area contributed by atoms with Crippen LogP contribution in [0.3, 0.4) is 0 Å². The van der Waals surface area contributed by atoms with E-state index in [-0.39, 0.29) is 17.7 Å². The number of hydrogen-bond donors (Lipinski definition) is 1. The number of aromatic nitrogens is 1. The predicted octanol–water partition coefficient (Wildman–Crippen LogP) is 0.722. The minimum atomic E-state index is -3.17. The Balaban J connectivity index is 1.39. The highest BCUT2D eigenvalue weighted by Gasteiger charge is 2.30. The van der Waals surface area contributed by atoms with Crippen LogP contribution in [0.1, 0.15) is 36.0 Å². The quantitative estimate of drug-likeness (QED) is 0.774. The number of carbonyl (C=O) groups is 2. The van der Waals surface area contributed by atoms with Gasteiger partial charge in [0.05, 0.1) is 11.8 Å². The first kappa shape index (κ1) is 20.7. The molecule has 154 valence electrons. The Morgan fingerprint density at radius 1 is 1.14 bits per heavy atom. The van der Waals surface area contributed by atoms with Crippen LogP contribution in [0.15, 0.2) is 24.5 Å². The lowest BCUT2D eigenvalue weighted by molar-refractivity contribution is -0.126. The van der Waals surface area contributed by atoms with Gasteiger partial charge in [-0.05, 0) is 43.7 Å². The molecule has 2 saturated heterocycles. The van der Waals surface area contributed by atoms with Gasteiger partial charge in [-0.1, -0.05) is 0 Å². The molecular weight excluding hydrogens is 380 g/mol. The van der Waals surface area contributed by atoms with Gasteiger partial charge in [0.1, 0.15) is 0 Å². The molecule has 0 spiro atoms. The lowest BCUT2D eigenvalue weighted by atomic mass is 9.94. The molecule has 0 bridgehead atoms. The molecule has 0 unspecified atom stereocenters. The van der Waals surface area contributed by atoms with Crippen molar-refractivity contribution in [2.45, 2.75) is 25.7 Å². The van der Waals surface area contributed by atoms with E-state index in [1.54, 1.807) is 24.5 Å². The van der Waals surface area contributed by atoms with Crippen molar-refractivity contribution < 1.29 is 18.0 Å². The zero-order valence-electron chi connectivity index (χ0n) is 16.2. The highest BCUT2D eigenvalue weighted by atomic mass is 32.2. The summed E-state index contributed by atoms with van der Waals surface area (Å²) >= 11 is 0. The van der Waals surface area contributed by atoms with Crippen LogP contribution in [0, 0.1) is 11.8 Å². The third-order valence-electron chi connectivity index (χ3n) is 5.67. The number of carbonyl (C=O) groups excluding carboxylic acids is 2. The molecule has 2 fully saturated rings. The fraction of sp³-hybridized carbons (Fsp3) is 0.632. The van der Waals surface area contributed by atoms with Crippen LogP contribution in [0.2, 0.25) is 0 Å². The molecule has 0 aromatic carbocycles. The highest BCUT2D eigenvalue weighted by molar-refractivity contribution is 7.88. The van der Waals surface area contributed by atoms with Crippen LogP contribution in [0.25, 0.3) is 0 Å². The summed E-state index contributed by atoms with van der Waals surface area (Å²) in [6.45, 7) is 2.79. The second-order valence-electron chi connectivity index (χ2n) is 7.66. The van der Waals surface area contributed by atoms with Crippen molar-refractivity contribution in [3.63, 3.8) is 0 Å². The molecular formula is C19H28N4O4S. The number of piperidine rings is 2.